The van der Waals surface area contributed by atoms with Crippen molar-refractivity contribution in [2.24, 2.45) is 0 Å². The fourth-order valence-corrected chi connectivity index (χ4v) is 3.73. The predicted octanol–water partition coefficient (Wildman–Crippen LogP) is 0.411. The Labute approximate surface area is 119 Å². The highest BCUT2D eigenvalue weighted by Crippen LogP contribution is 2.36. The molecular weight excluding hydrogens is 280 g/mol. The minimum Gasteiger partial charge on any atom is -0.391 e. The molecule has 0 amide bonds. The van der Waals surface area contributed by atoms with Crippen LogP contribution in [0.4, 0.5) is 11.6 Å². The van der Waals surface area contributed by atoms with Gasteiger partial charge in [-0.3, -0.25) is 0 Å². The highest BCUT2D eigenvalue weighted by Gasteiger charge is 2.32. The number of aromatic nitrogens is 2. The van der Waals surface area contributed by atoms with Crippen LogP contribution in [0.3, 0.4) is 0 Å². The van der Waals surface area contributed by atoms with Crippen LogP contribution >= 0.6 is 0 Å². The molecule has 1 aliphatic carbocycles. The van der Waals surface area contributed by atoms with Crippen molar-refractivity contribution < 1.29 is 13.5 Å². The van der Waals surface area contributed by atoms with Crippen molar-refractivity contribution in [3.05, 3.63) is 0 Å². The summed E-state index contributed by atoms with van der Waals surface area (Å²) in [5.41, 5.74) is 6.00. The number of aliphatic hydroxyl groups excluding tert-OH is 1. The lowest BCUT2D eigenvalue weighted by Crippen LogP contribution is -2.29. The quantitative estimate of drug-likeness (QED) is 0.838. The lowest BCUT2D eigenvalue weighted by molar-refractivity contribution is 0.0706. The van der Waals surface area contributed by atoms with Crippen LogP contribution in [0.5, 0.6) is 0 Å². The Morgan fingerprint density at radius 2 is 1.95 bits per heavy atom. The van der Waals surface area contributed by atoms with E-state index in [0.717, 1.165) is 25.5 Å². The van der Waals surface area contributed by atoms with Crippen molar-refractivity contribution >= 4 is 21.5 Å². The van der Waals surface area contributed by atoms with Crippen molar-refractivity contribution in [2.75, 3.05) is 31.0 Å². The molecule has 1 aliphatic rings. The highest BCUT2D eigenvalue weighted by atomic mass is 32.2. The van der Waals surface area contributed by atoms with Crippen molar-refractivity contribution in [3.8, 4) is 0 Å². The second-order valence-corrected chi connectivity index (χ2v) is 7.52. The zero-order chi connectivity index (χ0) is 15.1. The van der Waals surface area contributed by atoms with Crippen LogP contribution in [0.2, 0.25) is 0 Å². The SMILES string of the molecule is CN(C)c1nn(C2CCCCC2O)c(N)c1S(C)(=O)=O. The first-order valence-corrected chi connectivity index (χ1v) is 8.56. The van der Waals surface area contributed by atoms with Crippen molar-refractivity contribution in [3.63, 3.8) is 0 Å². The van der Waals surface area contributed by atoms with E-state index >= 15 is 0 Å². The zero-order valence-electron chi connectivity index (χ0n) is 12.1. The second kappa shape index (κ2) is 5.25. The molecule has 0 aliphatic heterocycles. The summed E-state index contributed by atoms with van der Waals surface area (Å²) in [4.78, 5) is 1.67. The molecule has 0 saturated heterocycles. The number of aliphatic hydroxyl groups is 1. The summed E-state index contributed by atoms with van der Waals surface area (Å²) in [7, 11) is -0.0355. The fraction of sp³-hybridized carbons (Fsp3) is 0.750. The molecule has 0 bridgehead atoms. The number of rotatable bonds is 3. The molecular formula is C12H22N4O3S. The van der Waals surface area contributed by atoms with Crippen LogP contribution < -0.4 is 10.6 Å². The van der Waals surface area contributed by atoms with E-state index in [4.69, 9.17) is 5.73 Å². The Kier molecular flexibility index (Phi) is 3.97. The van der Waals surface area contributed by atoms with Gasteiger partial charge in [0.25, 0.3) is 0 Å². The Bertz CT molecular complexity index is 594. The zero-order valence-corrected chi connectivity index (χ0v) is 12.9. The van der Waals surface area contributed by atoms with Gasteiger partial charge < -0.3 is 15.7 Å². The Morgan fingerprint density at radius 1 is 1.35 bits per heavy atom. The van der Waals surface area contributed by atoms with Crippen LogP contribution in [0.15, 0.2) is 4.90 Å². The van der Waals surface area contributed by atoms with Gasteiger partial charge in [-0.25, -0.2) is 13.1 Å². The summed E-state index contributed by atoms with van der Waals surface area (Å²) < 4.78 is 25.3. The summed E-state index contributed by atoms with van der Waals surface area (Å²) in [5.74, 6) is 0.435. The third-order valence-electron chi connectivity index (χ3n) is 3.69. The first kappa shape index (κ1) is 15.1. The Morgan fingerprint density at radius 3 is 2.40 bits per heavy atom. The van der Waals surface area contributed by atoms with Gasteiger partial charge in [-0.1, -0.05) is 12.8 Å². The number of anilines is 2. The molecule has 0 aromatic carbocycles. The lowest BCUT2D eigenvalue weighted by Gasteiger charge is -2.28. The summed E-state index contributed by atoms with van der Waals surface area (Å²) in [5, 5.41) is 14.4. The summed E-state index contributed by atoms with van der Waals surface area (Å²) in [6.07, 6.45) is 3.98. The molecule has 2 rings (SSSR count). The average molecular weight is 302 g/mol. The van der Waals surface area contributed by atoms with Crippen LogP contribution in [0.25, 0.3) is 0 Å². The van der Waals surface area contributed by atoms with E-state index < -0.39 is 15.9 Å². The maximum Gasteiger partial charge on any atom is 0.182 e. The van der Waals surface area contributed by atoms with Crippen molar-refractivity contribution in [2.45, 2.75) is 42.7 Å². The molecule has 1 aromatic heterocycles. The number of hydrogen-bond acceptors (Lipinski definition) is 6. The Hall–Kier alpha value is -1.28. The standard InChI is InChI=1S/C12H22N4O3S/c1-15(2)12-10(20(3,18)19)11(13)16(14-12)8-6-4-5-7-9(8)17/h8-9,17H,4-7,13H2,1-3H3. The molecule has 0 radical (unpaired) electrons. The van der Waals surface area contributed by atoms with Crippen LogP contribution in [0, 0.1) is 0 Å². The first-order valence-electron chi connectivity index (χ1n) is 6.67. The molecule has 3 N–H and O–H groups in total. The van der Waals surface area contributed by atoms with Crippen molar-refractivity contribution in [1.29, 1.82) is 0 Å². The van der Waals surface area contributed by atoms with Crippen LogP contribution in [-0.4, -0.2) is 49.8 Å². The third kappa shape index (κ3) is 2.62. The van der Waals surface area contributed by atoms with E-state index in [1.54, 1.807) is 19.0 Å². The molecule has 8 heteroatoms. The number of sulfone groups is 1. The number of hydrogen-bond donors (Lipinski definition) is 2. The fourth-order valence-electron chi connectivity index (χ4n) is 2.70. The van der Waals surface area contributed by atoms with E-state index in [2.05, 4.69) is 5.10 Å². The monoisotopic (exact) mass is 302 g/mol. The largest absolute Gasteiger partial charge is 0.391 e. The predicted molar refractivity (Wildman–Crippen MR) is 77.6 cm³/mol. The topological polar surface area (TPSA) is 101 Å². The van der Waals surface area contributed by atoms with E-state index in [9.17, 15) is 13.5 Å². The molecule has 1 fully saturated rings. The second-order valence-electron chi connectivity index (χ2n) is 5.57. The molecule has 20 heavy (non-hydrogen) atoms. The van der Waals surface area contributed by atoms with Gasteiger partial charge in [-0.15, -0.1) is 0 Å². The van der Waals surface area contributed by atoms with E-state index in [1.807, 2.05) is 0 Å². The lowest BCUT2D eigenvalue weighted by atomic mass is 9.93. The van der Waals surface area contributed by atoms with Gasteiger partial charge in [0.1, 0.15) is 5.82 Å². The van der Waals surface area contributed by atoms with Gasteiger partial charge in [-0.05, 0) is 12.8 Å². The Balaban J connectivity index is 2.56. The smallest absolute Gasteiger partial charge is 0.182 e. The van der Waals surface area contributed by atoms with Crippen LogP contribution in [0.1, 0.15) is 31.7 Å². The van der Waals surface area contributed by atoms with Gasteiger partial charge in [0.15, 0.2) is 20.6 Å². The van der Waals surface area contributed by atoms with Gasteiger partial charge in [0.05, 0.1) is 12.1 Å². The summed E-state index contributed by atoms with van der Waals surface area (Å²) in [6.45, 7) is 0. The van der Waals surface area contributed by atoms with E-state index in [0.29, 0.717) is 12.2 Å². The van der Waals surface area contributed by atoms with Gasteiger partial charge in [0.2, 0.25) is 0 Å². The van der Waals surface area contributed by atoms with Gasteiger partial charge >= 0.3 is 0 Å². The molecule has 114 valence electrons. The highest BCUT2D eigenvalue weighted by molar-refractivity contribution is 7.91. The summed E-state index contributed by atoms with van der Waals surface area (Å²) >= 11 is 0. The van der Waals surface area contributed by atoms with Gasteiger partial charge in [-0.2, -0.15) is 5.10 Å². The molecule has 0 spiro atoms. The van der Waals surface area contributed by atoms with Crippen molar-refractivity contribution in [1.82, 2.24) is 9.78 Å². The van der Waals surface area contributed by atoms with Crippen LogP contribution in [-0.2, 0) is 9.84 Å². The molecule has 7 nitrogen and oxygen atoms in total. The number of nitrogens with zero attached hydrogens (tertiary/aromatic N) is 3. The molecule has 1 saturated carbocycles. The number of nitrogens with two attached hydrogens (primary N) is 1. The normalized spacial score (nSPS) is 23.8. The maximum atomic E-state index is 11.9. The molecule has 2 unspecified atom stereocenters. The van der Waals surface area contributed by atoms with E-state index in [1.165, 1.54) is 4.68 Å². The minimum absolute atomic E-state index is 0.0419. The molecule has 1 aromatic rings. The number of nitrogen functional groups attached to an aromatic ring is 1. The van der Waals surface area contributed by atoms with Gasteiger partial charge in [0, 0.05) is 20.4 Å². The minimum atomic E-state index is -3.48. The first-order chi connectivity index (χ1) is 9.23. The maximum absolute atomic E-state index is 11.9. The van der Waals surface area contributed by atoms with E-state index in [-0.39, 0.29) is 16.8 Å². The average Bonchev–Trinajstić information content (AvgIpc) is 2.67. The molecule has 1 heterocycles. The summed E-state index contributed by atoms with van der Waals surface area (Å²) in [6, 6.07) is -0.252. The third-order valence-corrected chi connectivity index (χ3v) is 4.82. The molecule has 2 atom stereocenters.